The highest BCUT2D eigenvalue weighted by Crippen LogP contribution is 2.11. The summed E-state index contributed by atoms with van der Waals surface area (Å²) < 4.78 is 5.53. The molecule has 0 bridgehead atoms. The molecule has 20 heavy (non-hydrogen) atoms. The number of carbonyl (C=O) groups is 2. The quantitative estimate of drug-likeness (QED) is 0.792. The monoisotopic (exact) mass is 278 g/mol. The van der Waals surface area contributed by atoms with Gasteiger partial charge in [-0.2, -0.15) is 0 Å². The first kappa shape index (κ1) is 16.0. The minimum atomic E-state index is -1.04. The van der Waals surface area contributed by atoms with Crippen molar-refractivity contribution in [1.82, 2.24) is 5.32 Å². The lowest BCUT2D eigenvalue weighted by Gasteiger charge is -2.24. The van der Waals surface area contributed by atoms with Crippen LogP contribution in [0.4, 0.5) is 0 Å². The van der Waals surface area contributed by atoms with Crippen molar-refractivity contribution in [2.45, 2.75) is 32.7 Å². The number of nitrogens with two attached hydrogens (primary N) is 1. The molecule has 0 radical (unpaired) electrons. The van der Waals surface area contributed by atoms with Crippen LogP contribution in [0.3, 0.4) is 0 Å². The fourth-order valence-electron chi connectivity index (χ4n) is 1.49. The van der Waals surface area contributed by atoms with Gasteiger partial charge in [-0.3, -0.25) is 9.59 Å². The van der Waals surface area contributed by atoms with Gasteiger partial charge in [-0.05, 0) is 32.4 Å². The Bertz CT molecular complexity index is 457. The summed E-state index contributed by atoms with van der Waals surface area (Å²) in [5.74, 6) is -0.237. The molecular weight excluding hydrogens is 256 g/mol. The van der Waals surface area contributed by atoms with Crippen LogP contribution in [0.2, 0.25) is 0 Å². The highest BCUT2D eigenvalue weighted by Gasteiger charge is 2.28. The summed E-state index contributed by atoms with van der Waals surface area (Å²) in [5.41, 5.74) is 4.18. The zero-order chi connectivity index (χ0) is 15.2. The lowest BCUT2D eigenvalue weighted by Crippen LogP contribution is -2.54. The predicted octanol–water partition coefficient (Wildman–Crippen LogP) is 1.47. The minimum Gasteiger partial charge on any atom is -0.494 e. The fraction of sp³-hybridized carbons (Fsp3) is 0.467. The van der Waals surface area contributed by atoms with Crippen LogP contribution in [-0.2, 0) is 9.59 Å². The molecule has 0 aliphatic rings. The van der Waals surface area contributed by atoms with Crippen molar-refractivity contribution in [2.75, 3.05) is 6.61 Å². The highest BCUT2D eigenvalue weighted by atomic mass is 16.5. The summed E-state index contributed by atoms with van der Waals surface area (Å²) in [5, 5.41) is 2.64. The molecule has 0 aromatic heterocycles. The molecule has 2 amide bonds. The van der Waals surface area contributed by atoms with Crippen LogP contribution in [0, 0.1) is 5.92 Å². The lowest BCUT2D eigenvalue weighted by molar-refractivity contribution is -0.132. The van der Waals surface area contributed by atoms with E-state index in [0.29, 0.717) is 13.0 Å². The number of amides is 2. The minimum absolute atomic E-state index is 0.203. The molecule has 5 heteroatoms. The Kier molecular flexibility index (Phi) is 5.55. The third kappa shape index (κ3) is 4.91. The van der Waals surface area contributed by atoms with E-state index in [1.807, 2.05) is 30.3 Å². The normalized spacial score (nSPS) is 12.6. The summed E-state index contributed by atoms with van der Waals surface area (Å²) >= 11 is 0. The number of rotatable bonds is 7. The smallest absolute Gasteiger partial charge is 0.242 e. The van der Waals surface area contributed by atoms with Crippen LogP contribution in [0.5, 0.6) is 5.75 Å². The van der Waals surface area contributed by atoms with Crippen molar-refractivity contribution < 1.29 is 14.3 Å². The first-order valence-corrected chi connectivity index (χ1v) is 6.62. The first-order valence-electron chi connectivity index (χ1n) is 6.62. The van der Waals surface area contributed by atoms with E-state index < -0.39 is 11.4 Å². The second kappa shape index (κ2) is 6.93. The van der Waals surface area contributed by atoms with Crippen molar-refractivity contribution >= 4 is 11.8 Å². The molecule has 5 nitrogen and oxygen atoms in total. The number of benzene rings is 1. The summed E-state index contributed by atoms with van der Waals surface area (Å²) in [6.45, 7) is 5.40. The van der Waals surface area contributed by atoms with Crippen LogP contribution in [0.25, 0.3) is 0 Å². The first-order chi connectivity index (χ1) is 9.33. The molecule has 0 heterocycles. The number of primary amides is 1. The van der Waals surface area contributed by atoms with Crippen molar-refractivity contribution in [3.8, 4) is 5.75 Å². The second-order valence-electron chi connectivity index (χ2n) is 5.33. The Morgan fingerprint density at radius 1 is 1.30 bits per heavy atom. The van der Waals surface area contributed by atoms with Gasteiger partial charge >= 0.3 is 0 Å². The third-order valence-corrected chi connectivity index (χ3v) is 3.06. The molecule has 0 spiro atoms. The molecule has 0 fully saturated rings. The van der Waals surface area contributed by atoms with Crippen LogP contribution >= 0.6 is 0 Å². The van der Waals surface area contributed by atoms with Gasteiger partial charge < -0.3 is 15.8 Å². The molecule has 0 saturated heterocycles. The van der Waals surface area contributed by atoms with E-state index in [-0.39, 0.29) is 11.8 Å². The molecule has 3 N–H and O–H groups in total. The van der Waals surface area contributed by atoms with Crippen LogP contribution in [-0.4, -0.2) is 24.0 Å². The third-order valence-electron chi connectivity index (χ3n) is 3.06. The molecule has 0 aliphatic carbocycles. The molecule has 1 rings (SSSR count). The molecule has 0 aliphatic heterocycles. The number of ether oxygens (including phenoxy) is 1. The Morgan fingerprint density at radius 3 is 2.45 bits per heavy atom. The molecule has 110 valence electrons. The predicted molar refractivity (Wildman–Crippen MR) is 77.1 cm³/mol. The van der Waals surface area contributed by atoms with Gasteiger partial charge in [0.25, 0.3) is 0 Å². The van der Waals surface area contributed by atoms with E-state index in [4.69, 9.17) is 10.5 Å². The zero-order valence-electron chi connectivity index (χ0n) is 12.2. The van der Waals surface area contributed by atoms with Crippen molar-refractivity contribution in [2.24, 2.45) is 11.7 Å². The van der Waals surface area contributed by atoms with Crippen molar-refractivity contribution in [3.05, 3.63) is 30.3 Å². The Labute approximate surface area is 119 Å². The van der Waals surface area contributed by atoms with Crippen molar-refractivity contribution in [1.29, 1.82) is 0 Å². The fourth-order valence-corrected chi connectivity index (χ4v) is 1.49. The van der Waals surface area contributed by atoms with Gasteiger partial charge in [0.1, 0.15) is 11.3 Å². The van der Waals surface area contributed by atoms with Crippen LogP contribution < -0.4 is 15.8 Å². The summed E-state index contributed by atoms with van der Waals surface area (Å²) in [6, 6.07) is 9.42. The van der Waals surface area contributed by atoms with Gasteiger partial charge in [0.15, 0.2) is 0 Å². The molecule has 1 aromatic rings. The second-order valence-corrected chi connectivity index (χ2v) is 5.33. The molecule has 1 aromatic carbocycles. The van der Waals surface area contributed by atoms with Gasteiger partial charge in [-0.25, -0.2) is 0 Å². The summed E-state index contributed by atoms with van der Waals surface area (Å²) in [7, 11) is 0. The van der Waals surface area contributed by atoms with Crippen LogP contribution in [0.15, 0.2) is 30.3 Å². The number of hydrogen-bond acceptors (Lipinski definition) is 3. The number of para-hydroxylation sites is 1. The molecule has 0 saturated carbocycles. The number of carbonyl (C=O) groups excluding carboxylic acids is 2. The van der Waals surface area contributed by atoms with Gasteiger partial charge in [0.05, 0.1) is 6.61 Å². The standard InChI is InChI=1S/C15H22N2O3/c1-11(13(18)17-15(2,3)14(16)19)9-10-20-12-7-5-4-6-8-12/h4-8,11H,9-10H2,1-3H3,(H2,16,19)(H,17,18)/t11-/m1/s1. The average molecular weight is 278 g/mol. The van der Waals surface area contributed by atoms with E-state index >= 15 is 0 Å². The average Bonchev–Trinajstić information content (AvgIpc) is 2.39. The molecular formula is C15H22N2O3. The van der Waals surface area contributed by atoms with Crippen molar-refractivity contribution in [3.63, 3.8) is 0 Å². The van der Waals surface area contributed by atoms with E-state index in [0.717, 1.165) is 5.75 Å². The maximum absolute atomic E-state index is 11.9. The van der Waals surface area contributed by atoms with Gasteiger partial charge in [-0.1, -0.05) is 25.1 Å². The maximum atomic E-state index is 11.9. The molecule has 0 unspecified atom stereocenters. The van der Waals surface area contributed by atoms with Gasteiger partial charge in [0.2, 0.25) is 11.8 Å². The van der Waals surface area contributed by atoms with E-state index in [2.05, 4.69) is 5.32 Å². The molecule has 1 atom stereocenters. The summed E-state index contributed by atoms with van der Waals surface area (Å²) in [4.78, 5) is 23.1. The SMILES string of the molecule is C[C@H](CCOc1ccccc1)C(=O)NC(C)(C)C(N)=O. The largest absolute Gasteiger partial charge is 0.494 e. The Hall–Kier alpha value is -2.04. The zero-order valence-corrected chi connectivity index (χ0v) is 12.2. The highest BCUT2D eigenvalue weighted by molar-refractivity contribution is 5.90. The number of nitrogens with one attached hydrogen (secondary N) is 1. The van der Waals surface area contributed by atoms with Crippen LogP contribution in [0.1, 0.15) is 27.2 Å². The van der Waals surface area contributed by atoms with E-state index in [9.17, 15) is 9.59 Å². The van der Waals surface area contributed by atoms with Gasteiger partial charge in [0, 0.05) is 5.92 Å². The van der Waals surface area contributed by atoms with Gasteiger partial charge in [-0.15, -0.1) is 0 Å². The Morgan fingerprint density at radius 2 is 1.90 bits per heavy atom. The van der Waals surface area contributed by atoms with E-state index in [1.54, 1.807) is 20.8 Å². The maximum Gasteiger partial charge on any atom is 0.242 e. The lowest BCUT2D eigenvalue weighted by atomic mass is 10.0. The summed E-state index contributed by atoms with van der Waals surface area (Å²) in [6.07, 6.45) is 0.565. The number of hydrogen-bond donors (Lipinski definition) is 2. The topological polar surface area (TPSA) is 81.4 Å². The van der Waals surface area contributed by atoms with E-state index in [1.165, 1.54) is 0 Å². The Balaban J connectivity index is 2.37.